The number of benzene rings is 3. The highest BCUT2D eigenvalue weighted by molar-refractivity contribution is 7.92. The zero-order chi connectivity index (χ0) is 27.8. The molecule has 1 N–H and O–H groups in total. The van der Waals surface area contributed by atoms with Gasteiger partial charge in [0.25, 0.3) is 0 Å². The summed E-state index contributed by atoms with van der Waals surface area (Å²) in [5, 5.41) is 2.84. The third-order valence-corrected chi connectivity index (χ3v) is 7.45. The van der Waals surface area contributed by atoms with Crippen molar-refractivity contribution in [3.63, 3.8) is 0 Å². The molecule has 0 aromatic heterocycles. The van der Waals surface area contributed by atoms with Gasteiger partial charge in [0.05, 0.1) is 11.9 Å². The van der Waals surface area contributed by atoms with Crippen molar-refractivity contribution in [2.45, 2.75) is 25.9 Å². The fourth-order valence-electron chi connectivity index (χ4n) is 4.43. The Morgan fingerprint density at radius 3 is 2.13 bits per heavy atom. The molecule has 0 saturated heterocycles. The number of fused-ring (bicyclic) bond motifs is 1. The number of rotatable bonds is 11. The average Bonchev–Trinajstić information content (AvgIpc) is 2.94. The number of anilines is 1. The van der Waals surface area contributed by atoms with Gasteiger partial charge in [-0.1, -0.05) is 60.7 Å². The second-order valence-corrected chi connectivity index (χ2v) is 11.1. The number of carbonyl (C=O) groups is 2. The quantitative estimate of drug-likeness (QED) is 0.393. The lowest BCUT2D eigenvalue weighted by molar-refractivity contribution is -0.140. The zero-order valence-electron chi connectivity index (χ0n) is 22.1. The highest BCUT2D eigenvalue weighted by atomic mass is 32.2. The molecule has 0 saturated carbocycles. The van der Waals surface area contributed by atoms with Gasteiger partial charge in [0.1, 0.15) is 25.8 Å². The number of carbonyl (C=O) groups excluding carboxylic acids is 2. The fourth-order valence-corrected chi connectivity index (χ4v) is 5.27. The standard InChI is InChI=1S/C29H33N3O6S/c1-3-30-29(34)25(18-22-10-6-4-7-11-22)31(20-23-12-8-5-9-13-23)28(33)21-32(39(2,35)36)24-14-15-26-27(19-24)38-17-16-37-26/h4-15,19,25H,3,16-18,20-21H2,1-2H3,(H,30,34)/t25-/m0/s1. The Bertz CT molecular complexity index is 1380. The van der Waals surface area contributed by atoms with Gasteiger partial charge in [-0.3, -0.25) is 13.9 Å². The molecule has 0 fully saturated rings. The molecule has 0 radical (unpaired) electrons. The lowest BCUT2D eigenvalue weighted by Crippen LogP contribution is -2.53. The molecule has 0 bridgehead atoms. The first kappa shape index (κ1) is 28.0. The summed E-state index contributed by atoms with van der Waals surface area (Å²) in [7, 11) is -3.87. The molecule has 0 aliphatic carbocycles. The van der Waals surface area contributed by atoms with Crippen molar-refractivity contribution in [3.8, 4) is 11.5 Å². The maximum atomic E-state index is 14.0. The van der Waals surface area contributed by atoms with E-state index in [0.717, 1.165) is 21.7 Å². The van der Waals surface area contributed by atoms with Crippen molar-refractivity contribution < 1.29 is 27.5 Å². The van der Waals surface area contributed by atoms with Crippen molar-refractivity contribution >= 4 is 27.5 Å². The van der Waals surface area contributed by atoms with Crippen LogP contribution in [0, 0.1) is 0 Å². The molecule has 3 aromatic rings. The summed E-state index contributed by atoms with van der Waals surface area (Å²) >= 11 is 0. The largest absolute Gasteiger partial charge is 0.486 e. The Morgan fingerprint density at radius 1 is 0.897 bits per heavy atom. The van der Waals surface area contributed by atoms with E-state index >= 15 is 0 Å². The first-order valence-corrected chi connectivity index (χ1v) is 14.6. The maximum Gasteiger partial charge on any atom is 0.244 e. The Morgan fingerprint density at radius 2 is 1.51 bits per heavy atom. The van der Waals surface area contributed by atoms with E-state index in [1.807, 2.05) is 67.6 Å². The van der Waals surface area contributed by atoms with Gasteiger partial charge in [0.15, 0.2) is 11.5 Å². The summed E-state index contributed by atoms with van der Waals surface area (Å²) in [6.07, 6.45) is 1.32. The number of amides is 2. The Kier molecular flexibility index (Phi) is 9.08. The van der Waals surface area contributed by atoms with Gasteiger partial charge in [0, 0.05) is 25.6 Å². The van der Waals surface area contributed by atoms with Crippen LogP contribution in [0.2, 0.25) is 0 Å². The minimum absolute atomic E-state index is 0.132. The second-order valence-electron chi connectivity index (χ2n) is 9.20. The number of likely N-dealkylation sites (N-methyl/N-ethyl adjacent to an activating group) is 1. The number of ether oxygens (including phenoxy) is 2. The summed E-state index contributed by atoms with van der Waals surface area (Å²) in [4.78, 5) is 28.8. The molecule has 2 amide bonds. The smallest absolute Gasteiger partial charge is 0.244 e. The monoisotopic (exact) mass is 551 g/mol. The lowest BCUT2D eigenvalue weighted by Gasteiger charge is -2.33. The van der Waals surface area contributed by atoms with Crippen LogP contribution < -0.4 is 19.1 Å². The highest BCUT2D eigenvalue weighted by Gasteiger charge is 2.33. The first-order chi connectivity index (χ1) is 18.8. The Hall–Kier alpha value is -4.05. The van der Waals surface area contributed by atoms with Gasteiger partial charge in [-0.2, -0.15) is 0 Å². The SMILES string of the molecule is CCNC(=O)[C@H](Cc1ccccc1)N(Cc1ccccc1)C(=O)CN(c1ccc2c(c1)OCCO2)S(C)(=O)=O. The van der Waals surface area contributed by atoms with E-state index in [-0.39, 0.29) is 24.6 Å². The molecule has 10 heteroatoms. The summed E-state index contributed by atoms with van der Waals surface area (Å²) in [5.41, 5.74) is 1.97. The molecule has 1 aliphatic heterocycles. The van der Waals surface area contributed by atoms with Gasteiger partial charge in [-0.25, -0.2) is 8.42 Å². The maximum absolute atomic E-state index is 14.0. The number of hydrogen-bond donors (Lipinski definition) is 1. The molecule has 0 unspecified atom stereocenters. The van der Waals surface area contributed by atoms with Crippen LogP contribution in [-0.4, -0.2) is 63.7 Å². The van der Waals surface area contributed by atoms with Crippen molar-refractivity contribution in [2.75, 3.05) is 36.9 Å². The van der Waals surface area contributed by atoms with Gasteiger partial charge in [-0.05, 0) is 30.2 Å². The lowest BCUT2D eigenvalue weighted by atomic mass is 10.0. The van der Waals surface area contributed by atoms with Gasteiger partial charge >= 0.3 is 0 Å². The van der Waals surface area contributed by atoms with Crippen LogP contribution in [-0.2, 0) is 32.6 Å². The van der Waals surface area contributed by atoms with E-state index in [9.17, 15) is 18.0 Å². The molecular weight excluding hydrogens is 518 g/mol. The van der Waals surface area contributed by atoms with E-state index in [4.69, 9.17) is 9.47 Å². The predicted molar refractivity (Wildman–Crippen MR) is 149 cm³/mol. The van der Waals surface area contributed by atoms with Gasteiger partial charge < -0.3 is 19.7 Å². The third-order valence-electron chi connectivity index (χ3n) is 6.31. The van der Waals surface area contributed by atoms with E-state index in [1.165, 1.54) is 4.90 Å². The molecule has 1 aliphatic rings. The highest BCUT2D eigenvalue weighted by Crippen LogP contribution is 2.34. The third kappa shape index (κ3) is 7.29. The second kappa shape index (κ2) is 12.7. The normalized spacial score (nSPS) is 13.3. The van der Waals surface area contributed by atoms with Crippen LogP contribution in [0.1, 0.15) is 18.1 Å². The molecular formula is C29H33N3O6S. The van der Waals surface area contributed by atoms with Gasteiger partial charge in [0.2, 0.25) is 21.8 Å². The number of hydrogen-bond acceptors (Lipinski definition) is 6. The first-order valence-electron chi connectivity index (χ1n) is 12.8. The topological polar surface area (TPSA) is 105 Å². The van der Waals surface area contributed by atoms with E-state index < -0.39 is 28.5 Å². The molecule has 0 spiro atoms. The van der Waals surface area contributed by atoms with Crippen molar-refractivity contribution in [2.24, 2.45) is 0 Å². The van der Waals surface area contributed by atoms with Crippen LogP contribution in [0.3, 0.4) is 0 Å². The average molecular weight is 552 g/mol. The summed E-state index contributed by atoms with van der Waals surface area (Å²) < 4.78 is 38.0. The Balaban J connectivity index is 1.70. The van der Waals surface area contributed by atoms with Crippen molar-refractivity contribution in [1.82, 2.24) is 10.2 Å². The summed E-state index contributed by atoms with van der Waals surface area (Å²) in [6, 6.07) is 22.6. The van der Waals surface area contributed by atoms with Crippen LogP contribution in [0.25, 0.3) is 0 Å². The molecule has 3 aromatic carbocycles. The minimum Gasteiger partial charge on any atom is -0.486 e. The molecule has 1 heterocycles. The van der Waals surface area contributed by atoms with Gasteiger partial charge in [-0.15, -0.1) is 0 Å². The Labute approximate surface area is 229 Å². The number of nitrogens with zero attached hydrogens (tertiary/aromatic N) is 2. The van der Waals surface area contributed by atoms with Crippen LogP contribution in [0.4, 0.5) is 5.69 Å². The van der Waals surface area contributed by atoms with E-state index in [1.54, 1.807) is 18.2 Å². The summed E-state index contributed by atoms with van der Waals surface area (Å²) in [5.74, 6) is 0.0992. The predicted octanol–water partition coefficient (Wildman–Crippen LogP) is 3.00. The number of nitrogens with one attached hydrogen (secondary N) is 1. The van der Waals surface area contributed by atoms with Crippen molar-refractivity contribution in [1.29, 1.82) is 0 Å². The fraction of sp³-hybridized carbons (Fsp3) is 0.310. The van der Waals surface area contributed by atoms with E-state index in [2.05, 4.69) is 5.32 Å². The molecule has 206 valence electrons. The number of sulfonamides is 1. The van der Waals surface area contributed by atoms with Crippen molar-refractivity contribution in [3.05, 3.63) is 90.0 Å². The van der Waals surface area contributed by atoms with Crippen LogP contribution in [0.5, 0.6) is 11.5 Å². The molecule has 4 rings (SSSR count). The van der Waals surface area contributed by atoms with E-state index in [0.29, 0.717) is 31.3 Å². The molecule has 1 atom stereocenters. The molecule has 9 nitrogen and oxygen atoms in total. The minimum atomic E-state index is -3.87. The zero-order valence-corrected chi connectivity index (χ0v) is 22.9. The summed E-state index contributed by atoms with van der Waals surface area (Å²) in [6.45, 7) is 2.59. The molecule has 39 heavy (non-hydrogen) atoms. The van der Waals surface area contributed by atoms with Crippen LogP contribution in [0.15, 0.2) is 78.9 Å². The van der Waals surface area contributed by atoms with Crippen LogP contribution >= 0.6 is 0 Å².